The van der Waals surface area contributed by atoms with Gasteiger partial charge in [0.2, 0.25) is 0 Å². The molecule has 1 amide bonds. The maximum Gasteiger partial charge on any atom is 0.255 e. The van der Waals surface area contributed by atoms with Crippen LogP contribution in [0.5, 0.6) is 0 Å². The molecule has 17 heavy (non-hydrogen) atoms. The molecular formula is C12H15ClN2O2. The second-order valence-corrected chi connectivity index (χ2v) is 5.09. The Morgan fingerprint density at radius 1 is 1.65 bits per heavy atom. The molecular weight excluding hydrogens is 240 g/mol. The van der Waals surface area contributed by atoms with Gasteiger partial charge in [0.05, 0.1) is 16.2 Å². The Bertz CT molecular complexity index is 434. The number of piperidine rings is 1. The molecule has 1 unspecified atom stereocenters. The van der Waals surface area contributed by atoms with Crippen LogP contribution in [0.4, 0.5) is 0 Å². The van der Waals surface area contributed by atoms with E-state index in [0.29, 0.717) is 23.7 Å². The molecule has 4 nitrogen and oxygen atoms in total. The molecule has 2 rings (SSSR count). The van der Waals surface area contributed by atoms with Crippen LogP contribution < -0.4 is 0 Å². The highest BCUT2D eigenvalue weighted by Gasteiger charge is 2.31. The van der Waals surface area contributed by atoms with Gasteiger partial charge in [-0.1, -0.05) is 11.6 Å². The second-order valence-electron chi connectivity index (χ2n) is 4.68. The lowest BCUT2D eigenvalue weighted by atomic mass is 9.95. The fourth-order valence-corrected chi connectivity index (χ4v) is 2.31. The van der Waals surface area contributed by atoms with Crippen molar-refractivity contribution >= 4 is 17.5 Å². The molecule has 0 saturated carbocycles. The molecule has 0 spiro atoms. The molecule has 92 valence electrons. The van der Waals surface area contributed by atoms with Gasteiger partial charge >= 0.3 is 0 Å². The van der Waals surface area contributed by atoms with Gasteiger partial charge in [-0.2, -0.15) is 0 Å². The Kier molecular flexibility index (Phi) is 3.35. The fraction of sp³-hybridized carbons (Fsp3) is 0.500. The number of nitrogens with zero attached hydrogens (tertiary/aromatic N) is 2. The lowest BCUT2D eigenvalue weighted by Gasteiger charge is -2.36. The van der Waals surface area contributed by atoms with Gasteiger partial charge in [-0.05, 0) is 25.8 Å². The monoisotopic (exact) mass is 254 g/mol. The largest absolute Gasteiger partial charge is 0.388 e. The number of aromatic nitrogens is 1. The van der Waals surface area contributed by atoms with Gasteiger partial charge in [0.25, 0.3) is 5.91 Å². The molecule has 0 bridgehead atoms. The number of carbonyl (C=O) groups excluding carboxylic acids is 1. The van der Waals surface area contributed by atoms with E-state index in [4.69, 9.17) is 11.6 Å². The molecule has 2 heterocycles. The van der Waals surface area contributed by atoms with Crippen LogP contribution in [0.3, 0.4) is 0 Å². The van der Waals surface area contributed by atoms with E-state index in [0.717, 1.165) is 12.8 Å². The first kappa shape index (κ1) is 12.3. The summed E-state index contributed by atoms with van der Waals surface area (Å²) in [7, 11) is 0. The minimum Gasteiger partial charge on any atom is -0.388 e. The van der Waals surface area contributed by atoms with Crippen LogP contribution in [0.25, 0.3) is 0 Å². The molecule has 1 N–H and O–H groups in total. The predicted molar refractivity (Wildman–Crippen MR) is 65.0 cm³/mol. The zero-order valence-electron chi connectivity index (χ0n) is 9.69. The molecule has 1 fully saturated rings. The van der Waals surface area contributed by atoms with Crippen LogP contribution in [0.2, 0.25) is 5.02 Å². The maximum absolute atomic E-state index is 12.2. The zero-order valence-corrected chi connectivity index (χ0v) is 10.4. The average molecular weight is 255 g/mol. The average Bonchev–Trinajstić information content (AvgIpc) is 2.27. The van der Waals surface area contributed by atoms with Crippen LogP contribution in [0.15, 0.2) is 18.5 Å². The van der Waals surface area contributed by atoms with Gasteiger partial charge in [0.1, 0.15) is 0 Å². The summed E-state index contributed by atoms with van der Waals surface area (Å²) in [6, 6.07) is 1.61. The molecule has 1 aromatic rings. The summed E-state index contributed by atoms with van der Waals surface area (Å²) in [6.45, 7) is 2.76. The third-order valence-electron chi connectivity index (χ3n) is 2.96. The third-order valence-corrected chi connectivity index (χ3v) is 3.27. The van der Waals surface area contributed by atoms with E-state index in [2.05, 4.69) is 4.98 Å². The van der Waals surface area contributed by atoms with Crippen molar-refractivity contribution in [2.24, 2.45) is 0 Å². The number of hydrogen-bond donors (Lipinski definition) is 1. The molecule has 1 atom stereocenters. The van der Waals surface area contributed by atoms with Gasteiger partial charge in [-0.25, -0.2) is 0 Å². The Labute approximate surface area is 105 Å². The summed E-state index contributed by atoms with van der Waals surface area (Å²) in [4.78, 5) is 17.7. The number of carbonyl (C=O) groups is 1. The minimum atomic E-state index is -0.798. The first-order chi connectivity index (χ1) is 7.99. The molecule has 0 radical (unpaired) electrons. The van der Waals surface area contributed by atoms with E-state index in [1.165, 1.54) is 6.20 Å². The molecule has 1 aromatic heterocycles. The number of aliphatic hydroxyl groups is 1. The number of likely N-dealkylation sites (tertiary alicyclic amines) is 1. The molecule has 1 saturated heterocycles. The van der Waals surface area contributed by atoms with E-state index >= 15 is 0 Å². The number of pyridine rings is 1. The van der Waals surface area contributed by atoms with Gasteiger partial charge in [-0.15, -0.1) is 0 Å². The maximum atomic E-state index is 12.2. The van der Waals surface area contributed by atoms with E-state index in [-0.39, 0.29) is 5.91 Å². The molecule has 5 heteroatoms. The summed E-state index contributed by atoms with van der Waals surface area (Å²) in [5.74, 6) is -0.141. The van der Waals surface area contributed by atoms with Gasteiger partial charge in [0.15, 0.2) is 0 Å². The number of β-amino-alcohol motifs (C(OH)–C–C–N with tert-alkyl or cyclic N) is 1. The van der Waals surface area contributed by atoms with Crippen LogP contribution >= 0.6 is 11.6 Å². The molecule has 0 aromatic carbocycles. The smallest absolute Gasteiger partial charge is 0.255 e. The Morgan fingerprint density at radius 3 is 3.06 bits per heavy atom. The van der Waals surface area contributed by atoms with Crippen molar-refractivity contribution in [3.8, 4) is 0 Å². The Morgan fingerprint density at radius 2 is 2.41 bits per heavy atom. The highest BCUT2D eigenvalue weighted by atomic mass is 35.5. The quantitative estimate of drug-likeness (QED) is 0.830. The summed E-state index contributed by atoms with van der Waals surface area (Å²) in [5, 5.41) is 10.3. The fourth-order valence-electron chi connectivity index (χ4n) is 2.11. The summed E-state index contributed by atoms with van der Waals surface area (Å²) in [5.41, 5.74) is -0.354. The Hall–Kier alpha value is -1.13. The number of halogens is 1. The van der Waals surface area contributed by atoms with Crippen molar-refractivity contribution in [3.63, 3.8) is 0 Å². The van der Waals surface area contributed by atoms with E-state index in [9.17, 15) is 9.90 Å². The van der Waals surface area contributed by atoms with E-state index in [1.807, 2.05) is 0 Å². The van der Waals surface area contributed by atoms with Crippen molar-refractivity contribution in [2.75, 3.05) is 13.1 Å². The second kappa shape index (κ2) is 4.63. The van der Waals surface area contributed by atoms with Crippen molar-refractivity contribution in [2.45, 2.75) is 25.4 Å². The first-order valence-electron chi connectivity index (χ1n) is 5.61. The van der Waals surface area contributed by atoms with Gasteiger partial charge < -0.3 is 10.0 Å². The molecule has 0 aliphatic carbocycles. The van der Waals surface area contributed by atoms with Crippen LogP contribution in [-0.2, 0) is 0 Å². The van der Waals surface area contributed by atoms with Crippen LogP contribution in [0, 0.1) is 0 Å². The summed E-state index contributed by atoms with van der Waals surface area (Å²) < 4.78 is 0. The topological polar surface area (TPSA) is 53.4 Å². The molecule has 1 aliphatic heterocycles. The SMILES string of the molecule is CC1(O)CCCN(C(=O)c2ccncc2Cl)C1. The van der Waals surface area contributed by atoms with Crippen LogP contribution in [0.1, 0.15) is 30.1 Å². The van der Waals surface area contributed by atoms with Gasteiger partial charge in [0, 0.05) is 25.5 Å². The van der Waals surface area contributed by atoms with Crippen molar-refractivity contribution in [1.29, 1.82) is 0 Å². The van der Waals surface area contributed by atoms with E-state index < -0.39 is 5.60 Å². The number of rotatable bonds is 1. The highest BCUT2D eigenvalue weighted by Crippen LogP contribution is 2.23. The van der Waals surface area contributed by atoms with Crippen LogP contribution in [-0.4, -0.2) is 39.6 Å². The summed E-state index contributed by atoms with van der Waals surface area (Å²) >= 11 is 5.94. The predicted octanol–water partition coefficient (Wildman–Crippen LogP) is 1.72. The first-order valence-corrected chi connectivity index (χ1v) is 5.98. The highest BCUT2D eigenvalue weighted by molar-refractivity contribution is 6.33. The number of hydrogen-bond acceptors (Lipinski definition) is 3. The van der Waals surface area contributed by atoms with Gasteiger partial charge in [-0.3, -0.25) is 9.78 Å². The lowest BCUT2D eigenvalue weighted by Crippen LogP contribution is -2.48. The van der Waals surface area contributed by atoms with E-state index in [1.54, 1.807) is 24.1 Å². The standard InChI is InChI=1S/C12H15ClN2O2/c1-12(17)4-2-6-15(8-12)11(16)9-3-5-14-7-10(9)13/h3,5,7,17H,2,4,6,8H2,1H3. The molecule has 1 aliphatic rings. The minimum absolute atomic E-state index is 0.141. The zero-order chi connectivity index (χ0) is 12.5. The Balaban J connectivity index is 2.18. The normalized spacial score (nSPS) is 24.8. The summed E-state index contributed by atoms with van der Waals surface area (Å²) in [6.07, 6.45) is 4.53. The lowest BCUT2D eigenvalue weighted by molar-refractivity contribution is -0.0107. The third kappa shape index (κ3) is 2.76. The van der Waals surface area contributed by atoms with Crippen molar-refractivity contribution in [3.05, 3.63) is 29.0 Å². The van der Waals surface area contributed by atoms with Crippen molar-refractivity contribution in [1.82, 2.24) is 9.88 Å². The number of amides is 1. The van der Waals surface area contributed by atoms with Crippen molar-refractivity contribution < 1.29 is 9.90 Å².